The van der Waals surface area contributed by atoms with Crippen molar-refractivity contribution in [2.75, 3.05) is 66.1 Å². The molecule has 0 saturated heterocycles. The molecule has 0 atom stereocenters. The smallest absolute Gasteiger partial charge is 0.0718 e. The number of aliphatic hydroxyl groups excluding tert-OH is 1. The van der Waals surface area contributed by atoms with Crippen LogP contribution < -0.4 is 0 Å². The lowest BCUT2D eigenvalue weighted by atomic mass is 10.2. The Hall–Kier alpha value is -1.02. The molecule has 1 rings (SSSR count). The highest BCUT2D eigenvalue weighted by atomic mass is 16.6. The van der Waals surface area contributed by atoms with Crippen LogP contribution in [0.1, 0.15) is 11.1 Å². The number of hydrogen-bond donors (Lipinski definition) is 1. The Kier molecular flexibility index (Phi) is 13.6. The first kappa shape index (κ1) is 21.0. The summed E-state index contributed by atoms with van der Waals surface area (Å²) in [5.74, 6) is 0. The number of ether oxygens (including phenoxy) is 5. The van der Waals surface area contributed by atoms with E-state index in [2.05, 4.69) is 31.2 Å². The van der Waals surface area contributed by atoms with Gasteiger partial charge in [-0.15, -0.1) is 0 Å². The fourth-order valence-electron chi connectivity index (χ4n) is 1.82. The van der Waals surface area contributed by atoms with Crippen LogP contribution in [-0.2, 0) is 30.3 Å². The van der Waals surface area contributed by atoms with Crippen LogP contribution in [0, 0.1) is 6.92 Å². The molecule has 0 fully saturated rings. The monoisotopic (exact) mass is 342 g/mol. The average molecular weight is 342 g/mol. The average Bonchev–Trinajstić information content (AvgIpc) is 2.60. The summed E-state index contributed by atoms with van der Waals surface area (Å²) in [7, 11) is 0. The third-order valence-electron chi connectivity index (χ3n) is 3.11. The van der Waals surface area contributed by atoms with E-state index >= 15 is 0 Å². The van der Waals surface area contributed by atoms with Crippen LogP contribution in [-0.4, -0.2) is 71.2 Å². The Bertz CT molecular complexity index is 382. The predicted octanol–water partition coefficient (Wildman–Crippen LogP) is 1.57. The maximum atomic E-state index is 8.51. The minimum absolute atomic E-state index is 0.0418. The lowest BCUT2D eigenvalue weighted by molar-refractivity contribution is -0.0145. The van der Waals surface area contributed by atoms with Crippen LogP contribution >= 0.6 is 0 Å². The van der Waals surface area contributed by atoms with E-state index in [1.54, 1.807) is 0 Å². The molecule has 138 valence electrons. The zero-order valence-electron chi connectivity index (χ0n) is 14.6. The maximum absolute atomic E-state index is 8.51. The van der Waals surface area contributed by atoms with Crippen molar-refractivity contribution in [3.8, 4) is 0 Å². The number of rotatable bonds is 16. The van der Waals surface area contributed by atoms with Gasteiger partial charge >= 0.3 is 0 Å². The number of hydrogen-bond acceptors (Lipinski definition) is 6. The van der Waals surface area contributed by atoms with Crippen molar-refractivity contribution >= 4 is 0 Å². The zero-order chi connectivity index (χ0) is 17.3. The van der Waals surface area contributed by atoms with Gasteiger partial charge in [0.15, 0.2) is 0 Å². The summed E-state index contributed by atoms with van der Waals surface area (Å²) in [4.78, 5) is 0. The van der Waals surface area contributed by atoms with Crippen LogP contribution in [0.15, 0.2) is 24.3 Å². The molecule has 0 aliphatic carbocycles. The lowest BCUT2D eigenvalue weighted by Gasteiger charge is -2.08. The van der Waals surface area contributed by atoms with Gasteiger partial charge in [-0.25, -0.2) is 0 Å². The molecule has 0 aromatic heterocycles. The highest BCUT2D eigenvalue weighted by molar-refractivity contribution is 5.20. The lowest BCUT2D eigenvalue weighted by Crippen LogP contribution is -2.13. The number of aryl methyl sites for hydroxylation is 1. The molecule has 0 aliphatic rings. The van der Waals surface area contributed by atoms with E-state index in [-0.39, 0.29) is 6.61 Å². The molecule has 0 amide bonds. The van der Waals surface area contributed by atoms with Crippen molar-refractivity contribution < 1.29 is 28.8 Å². The molecule has 1 N–H and O–H groups in total. The molecule has 0 unspecified atom stereocenters. The van der Waals surface area contributed by atoms with Crippen LogP contribution in [0.4, 0.5) is 0 Å². The Morgan fingerprint density at radius 3 is 1.50 bits per heavy atom. The van der Waals surface area contributed by atoms with Crippen LogP contribution in [0.25, 0.3) is 0 Å². The largest absolute Gasteiger partial charge is 0.394 e. The molecular formula is C18H30O6. The molecule has 1 aromatic rings. The van der Waals surface area contributed by atoms with E-state index in [4.69, 9.17) is 28.8 Å². The molecule has 1 aromatic carbocycles. The minimum atomic E-state index is 0.0418. The van der Waals surface area contributed by atoms with E-state index in [1.807, 2.05) is 0 Å². The van der Waals surface area contributed by atoms with Crippen molar-refractivity contribution in [2.45, 2.75) is 13.5 Å². The quantitative estimate of drug-likeness (QED) is 0.460. The molecule has 0 bridgehead atoms. The highest BCUT2D eigenvalue weighted by Crippen LogP contribution is 2.04. The Balaban J connectivity index is 1.75. The van der Waals surface area contributed by atoms with Gasteiger partial charge in [-0.2, -0.15) is 0 Å². The summed E-state index contributed by atoms with van der Waals surface area (Å²) < 4.78 is 26.7. The second-order valence-electron chi connectivity index (χ2n) is 5.21. The predicted molar refractivity (Wildman–Crippen MR) is 91.2 cm³/mol. The van der Waals surface area contributed by atoms with Crippen LogP contribution in [0.3, 0.4) is 0 Å². The minimum Gasteiger partial charge on any atom is -0.394 e. The highest BCUT2D eigenvalue weighted by Gasteiger charge is 1.95. The Morgan fingerprint density at radius 2 is 1.04 bits per heavy atom. The van der Waals surface area contributed by atoms with Crippen LogP contribution in [0.2, 0.25) is 0 Å². The first-order valence-electron chi connectivity index (χ1n) is 8.38. The second-order valence-corrected chi connectivity index (χ2v) is 5.21. The fourth-order valence-corrected chi connectivity index (χ4v) is 1.82. The van der Waals surface area contributed by atoms with Gasteiger partial charge in [-0.1, -0.05) is 29.8 Å². The normalized spacial score (nSPS) is 11.1. The van der Waals surface area contributed by atoms with Gasteiger partial charge in [-0.3, -0.25) is 0 Å². The van der Waals surface area contributed by atoms with Gasteiger partial charge in [0.1, 0.15) is 0 Å². The van der Waals surface area contributed by atoms with E-state index < -0.39 is 0 Å². The summed E-state index contributed by atoms with van der Waals surface area (Å²) in [6.07, 6.45) is 0. The maximum Gasteiger partial charge on any atom is 0.0718 e. The van der Waals surface area contributed by atoms with Crippen molar-refractivity contribution in [3.05, 3.63) is 35.4 Å². The molecule has 0 radical (unpaired) electrons. The van der Waals surface area contributed by atoms with E-state index in [0.29, 0.717) is 66.1 Å². The van der Waals surface area contributed by atoms with Gasteiger partial charge in [0, 0.05) is 0 Å². The van der Waals surface area contributed by atoms with E-state index in [0.717, 1.165) is 0 Å². The summed E-state index contributed by atoms with van der Waals surface area (Å²) in [5, 5.41) is 8.51. The molecule has 24 heavy (non-hydrogen) atoms. The van der Waals surface area contributed by atoms with Crippen molar-refractivity contribution in [1.82, 2.24) is 0 Å². The topological polar surface area (TPSA) is 66.4 Å². The number of benzene rings is 1. The third-order valence-corrected chi connectivity index (χ3v) is 3.11. The fraction of sp³-hybridized carbons (Fsp3) is 0.667. The van der Waals surface area contributed by atoms with Gasteiger partial charge in [0.2, 0.25) is 0 Å². The molecule has 6 heteroatoms. The molecule has 6 nitrogen and oxygen atoms in total. The molecular weight excluding hydrogens is 312 g/mol. The van der Waals surface area contributed by atoms with E-state index in [9.17, 15) is 0 Å². The van der Waals surface area contributed by atoms with Gasteiger partial charge in [-0.05, 0) is 12.5 Å². The van der Waals surface area contributed by atoms with E-state index in [1.165, 1.54) is 11.1 Å². The first-order chi connectivity index (χ1) is 11.8. The van der Waals surface area contributed by atoms with Gasteiger partial charge in [0.25, 0.3) is 0 Å². The molecule has 0 heterocycles. The molecule has 0 spiro atoms. The van der Waals surface area contributed by atoms with Crippen molar-refractivity contribution in [3.63, 3.8) is 0 Å². The number of aliphatic hydroxyl groups is 1. The third kappa shape index (κ3) is 12.4. The van der Waals surface area contributed by atoms with Crippen molar-refractivity contribution in [2.24, 2.45) is 0 Å². The van der Waals surface area contributed by atoms with Crippen molar-refractivity contribution in [1.29, 1.82) is 0 Å². The zero-order valence-corrected chi connectivity index (χ0v) is 14.6. The van der Waals surface area contributed by atoms with Gasteiger partial charge in [0.05, 0.1) is 72.7 Å². The molecule has 0 saturated carbocycles. The summed E-state index contributed by atoms with van der Waals surface area (Å²) in [6.45, 7) is 7.38. The SMILES string of the molecule is Cc1ccc(COCCOCCOCCOCCOCCO)cc1. The van der Waals surface area contributed by atoms with Crippen LogP contribution in [0.5, 0.6) is 0 Å². The summed E-state index contributed by atoms with van der Waals surface area (Å²) in [6, 6.07) is 8.31. The molecule has 0 aliphatic heterocycles. The van der Waals surface area contributed by atoms with Gasteiger partial charge < -0.3 is 28.8 Å². The first-order valence-corrected chi connectivity index (χ1v) is 8.38. The second kappa shape index (κ2) is 15.5. The standard InChI is InChI=1S/C18H30O6/c1-17-2-4-18(5-3-17)16-24-15-14-23-13-12-22-11-10-21-9-8-20-7-6-19/h2-5,19H,6-16H2,1H3. The Labute approximate surface area is 144 Å². The summed E-state index contributed by atoms with van der Waals surface area (Å²) in [5.41, 5.74) is 2.42. The Morgan fingerprint density at radius 1 is 0.625 bits per heavy atom. The summed E-state index contributed by atoms with van der Waals surface area (Å²) >= 11 is 0.